The van der Waals surface area contributed by atoms with Gasteiger partial charge in [0.15, 0.2) is 0 Å². The molecule has 0 radical (unpaired) electrons. The molecule has 0 unspecified atom stereocenters. The number of hydrogen-bond donors (Lipinski definition) is 1. The van der Waals surface area contributed by atoms with Crippen LogP contribution in [-0.2, 0) is 14.8 Å². The number of sulfonamides is 1. The first-order chi connectivity index (χ1) is 13.2. The summed E-state index contributed by atoms with van der Waals surface area (Å²) in [6.45, 7) is 2.27. The van der Waals surface area contributed by atoms with Gasteiger partial charge >= 0.3 is 0 Å². The number of halogens is 3. The molecule has 1 heterocycles. The maximum Gasteiger partial charge on any atom is 0.244 e. The quantitative estimate of drug-likeness (QED) is 0.697. The van der Waals surface area contributed by atoms with E-state index in [4.69, 9.17) is 34.8 Å². The third-order valence-corrected chi connectivity index (χ3v) is 7.54. The number of piperidine rings is 1. The van der Waals surface area contributed by atoms with Gasteiger partial charge in [0.05, 0.1) is 10.9 Å². The lowest BCUT2D eigenvalue weighted by atomic mass is 9.98. The molecule has 28 heavy (non-hydrogen) atoms. The molecule has 0 saturated carbocycles. The maximum atomic E-state index is 13.0. The van der Waals surface area contributed by atoms with Gasteiger partial charge in [0.2, 0.25) is 15.9 Å². The molecule has 1 aliphatic rings. The lowest BCUT2D eigenvalue weighted by Gasteiger charge is -2.31. The minimum Gasteiger partial charge on any atom is -0.326 e. The number of aryl methyl sites for hydroxylation is 1. The number of amides is 1. The van der Waals surface area contributed by atoms with E-state index in [9.17, 15) is 13.2 Å². The molecule has 3 rings (SSSR count). The van der Waals surface area contributed by atoms with Gasteiger partial charge in [-0.25, -0.2) is 8.42 Å². The topological polar surface area (TPSA) is 66.5 Å². The Kier molecular flexibility index (Phi) is 6.57. The van der Waals surface area contributed by atoms with E-state index < -0.39 is 15.9 Å². The summed E-state index contributed by atoms with van der Waals surface area (Å²) in [7, 11) is -3.85. The van der Waals surface area contributed by atoms with Crippen LogP contribution >= 0.6 is 34.8 Å². The smallest absolute Gasteiger partial charge is 0.244 e. The molecule has 150 valence electrons. The van der Waals surface area contributed by atoms with Gasteiger partial charge in [0, 0.05) is 28.8 Å². The molecule has 0 bridgehead atoms. The van der Waals surface area contributed by atoms with E-state index in [-0.39, 0.29) is 27.4 Å². The summed E-state index contributed by atoms with van der Waals surface area (Å²) < 4.78 is 27.3. The van der Waals surface area contributed by atoms with E-state index in [2.05, 4.69) is 5.32 Å². The summed E-state index contributed by atoms with van der Waals surface area (Å²) in [6.07, 6.45) is 1.17. The molecule has 1 N–H and O–H groups in total. The molecule has 9 heteroatoms. The zero-order chi connectivity index (χ0) is 20.5. The summed E-state index contributed by atoms with van der Waals surface area (Å²) in [4.78, 5) is 12.7. The number of carbonyl (C=O) groups is 1. The highest BCUT2D eigenvalue weighted by atomic mass is 35.5. The summed E-state index contributed by atoms with van der Waals surface area (Å²) >= 11 is 18.0. The Balaban J connectivity index is 1.79. The normalized spacial score (nSPS) is 18.1. The number of nitrogens with one attached hydrogen (secondary N) is 1. The number of hydrogen-bond acceptors (Lipinski definition) is 3. The Morgan fingerprint density at radius 3 is 2.54 bits per heavy atom. The fraction of sp³-hybridized carbons (Fsp3) is 0.316. The summed E-state index contributed by atoms with van der Waals surface area (Å²) in [5.74, 6) is -0.706. The third-order valence-electron chi connectivity index (χ3n) is 4.72. The van der Waals surface area contributed by atoms with Crippen LogP contribution in [0.1, 0.15) is 18.4 Å². The monoisotopic (exact) mass is 460 g/mol. The van der Waals surface area contributed by atoms with E-state index in [1.54, 1.807) is 12.1 Å². The first-order valence-corrected chi connectivity index (χ1v) is 11.3. The van der Waals surface area contributed by atoms with Crippen molar-refractivity contribution in [2.75, 3.05) is 18.4 Å². The Morgan fingerprint density at radius 1 is 1.11 bits per heavy atom. The molecule has 2 aromatic rings. The highest BCUT2D eigenvalue weighted by Gasteiger charge is 2.34. The lowest BCUT2D eigenvalue weighted by molar-refractivity contribution is -0.120. The zero-order valence-corrected chi connectivity index (χ0v) is 18.2. The Labute approximate surface area is 179 Å². The molecular formula is C19H19Cl3N2O3S. The molecule has 1 aliphatic heterocycles. The van der Waals surface area contributed by atoms with Crippen LogP contribution in [0, 0.1) is 12.8 Å². The van der Waals surface area contributed by atoms with Crippen LogP contribution in [0.15, 0.2) is 41.3 Å². The average molecular weight is 462 g/mol. The first kappa shape index (κ1) is 21.4. The van der Waals surface area contributed by atoms with Crippen molar-refractivity contribution in [1.29, 1.82) is 0 Å². The molecular weight excluding hydrogens is 443 g/mol. The second kappa shape index (κ2) is 8.59. The van der Waals surface area contributed by atoms with E-state index in [0.29, 0.717) is 30.1 Å². The van der Waals surface area contributed by atoms with Crippen LogP contribution in [0.4, 0.5) is 5.69 Å². The molecule has 5 nitrogen and oxygen atoms in total. The number of anilines is 1. The highest BCUT2D eigenvalue weighted by molar-refractivity contribution is 7.89. The summed E-state index contributed by atoms with van der Waals surface area (Å²) in [6, 6.07) is 9.55. The van der Waals surface area contributed by atoms with Gasteiger partial charge < -0.3 is 5.32 Å². The van der Waals surface area contributed by atoms with Crippen molar-refractivity contribution in [3.8, 4) is 0 Å². The van der Waals surface area contributed by atoms with Gasteiger partial charge in [-0.05, 0) is 55.7 Å². The molecule has 1 fully saturated rings. The van der Waals surface area contributed by atoms with Gasteiger partial charge in [0.25, 0.3) is 0 Å². The standard InChI is InChI=1S/C19H19Cl3N2O3S/c1-12-4-5-14(20)9-17(12)23-19(25)13-3-2-8-24(11-13)28(26,27)18-10-15(21)6-7-16(18)22/h4-7,9-10,13H,2-3,8,11H2,1H3,(H,23,25)/t13-/m0/s1. The molecule has 1 saturated heterocycles. The van der Waals surface area contributed by atoms with Gasteiger partial charge in [-0.1, -0.05) is 40.9 Å². The molecule has 2 aromatic carbocycles. The Bertz CT molecular complexity index is 1010. The molecule has 0 aliphatic carbocycles. The largest absolute Gasteiger partial charge is 0.326 e. The molecule has 1 atom stereocenters. The van der Waals surface area contributed by atoms with Crippen molar-refractivity contribution in [2.24, 2.45) is 5.92 Å². The van der Waals surface area contributed by atoms with E-state index >= 15 is 0 Å². The van der Waals surface area contributed by atoms with Crippen molar-refractivity contribution in [1.82, 2.24) is 4.31 Å². The predicted octanol–water partition coefficient (Wildman–Crippen LogP) is 4.99. The van der Waals surface area contributed by atoms with Gasteiger partial charge in [0.1, 0.15) is 4.90 Å². The minimum absolute atomic E-state index is 0.0478. The number of rotatable bonds is 4. The van der Waals surface area contributed by atoms with Crippen LogP contribution in [0.2, 0.25) is 15.1 Å². The van der Waals surface area contributed by atoms with Gasteiger partial charge in [-0.15, -0.1) is 0 Å². The van der Waals surface area contributed by atoms with Crippen LogP contribution in [0.3, 0.4) is 0 Å². The summed E-state index contributed by atoms with van der Waals surface area (Å²) in [5, 5.41) is 3.76. The van der Waals surface area contributed by atoms with Gasteiger partial charge in [-0.3, -0.25) is 4.79 Å². The number of nitrogens with zero attached hydrogens (tertiary/aromatic N) is 1. The van der Waals surface area contributed by atoms with Crippen LogP contribution < -0.4 is 5.32 Å². The molecule has 0 aromatic heterocycles. The van der Waals surface area contributed by atoms with Crippen molar-refractivity contribution >= 4 is 56.4 Å². The minimum atomic E-state index is -3.85. The van der Waals surface area contributed by atoms with Crippen molar-refractivity contribution in [2.45, 2.75) is 24.7 Å². The van der Waals surface area contributed by atoms with Crippen LogP contribution in [0.5, 0.6) is 0 Å². The number of benzene rings is 2. The predicted molar refractivity (Wildman–Crippen MR) is 113 cm³/mol. The average Bonchev–Trinajstić information content (AvgIpc) is 2.66. The van der Waals surface area contributed by atoms with Crippen molar-refractivity contribution in [3.63, 3.8) is 0 Å². The maximum absolute atomic E-state index is 13.0. The Hall–Kier alpha value is -1.31. The van der Waals surface area contributed by atoms with E-state index in [1.165, 1.54) is 22.5 Å². The zero-order valence-electron chi connectivity index (χ0n) is 15.1. The first-order valence-electron chi connectivity index (χ1n) is 8.70. The second-order valence-electron chi connectivity index (χ2n) is 6.73. The fourth-order valence-corrected chi connectivity index (χ4v) is 5.59. The van der Waals surface area contributed by atoms with E-state index in [1.807, 2.05) is 13.0 Å². The van der Waals surface area contributed by atoms with Crippen molar-refractivity contribution in [3.05, 3.63) is 57.0 Å². The Morgan fingerprint density at radius 2 is 1.79 bits per heavy atom. The lowest BCUT2D eigenvalue weighted by Crippen LogP contribution is -2.43. The highest BCUT2D eigenvalue weighted by Crippen LogP contribution is 2.31. The van der Waals surface area contributed by atoms with Crippen LogP contribution in [0.25, 0.3) is 0 Å². The number of carbonyl (C=O) groups excluding carboxylic acids is 1. The SMILES string of the molecule is Cc1ccc(Cl)cc1NC(=O)[C@H]1CCCN(S(=O)(=O)c2cc(Cl)ccc2Cl)C1. The van der Waals surface area contributed by atoms with E-state index in [0.717, 1.165) is 5.56 Å². The van der Waals surface area contributed by atoms with Crippen LogP contribution in [-0.4, -0.2) is 31.7 Å². The molecule has 1 amide bonds. The van der Waals surface area contributed by atoms with Crippen molar-refractivity contribution < 1.29 is 13.2 Å². The fourth-order valence-electron chi connectivity index (χ4n) is 3.15. The second-order valence-corrected chi connectivity index (χ2v) is 9.91. The molecule has 0 spiro atoms. The third kappa shape index (κ3) is 4.63. The summed E-state index contributed by atoms with van der Waals surface area (Å²) in [5.41, 5.74) is 1.50. The van der Waals surface area contributed by atoms with Gasteiger partial charge in [-0.2, -0.15) is 4.31 Å².